The minimum Gasteiger partial charge on any atom is -0.394 e. The average Bonchev–Trinajstić information content (AvgIpc) is 3.34. The van der Waals surface area contributed by atoms with E-state index in [4.69, 9.17) is 9.47 Å². The Kier molecular flexibility index (Phi) is 7.66. The zero-order chi connectivity index (χ0) is 28.8. The topological polar surface area (TPSA) is 120 Å². The molecule has 4 saturated carbocycles. The number of aliphatic hydroxyl groups excluding tert-OH is 4. The highest BCUT2D eigenvalue weighted by molar-refractivity contribution is 5.83. The van der Waals surface area contributed by atoms with E-state index in [0.717, 1.165) is 48.5 Å². The molecule has 4 N–H and O–H groups in total. The molecule has 3 heterocycles. The van der Waals surface area contributed by atoms with Crippen molar-refractivity contribution >= 4 is 5.78 Å². The third-order valence-electron chi connectivity index (χ3n) is 13.9. The molecule has 8 nitrogen and oxygen atoms in total. The Morgan fingerprint density at radius 2 is 1.68 bits per heavy atom. The van der Waals surface area contributed by atoms with Crippen molar-refractivity contribution in [3.05, 3.63) is 0 Å². The molecule has 0 radical (unpaired) electrons. The maximum Gasteiger partial charge on any atom is 0.186 e. The van der Waals surface area contributed by atoms with Crippen molar-refractivity contribution in [3.63, 3.8) is 0 Å². The molecule has 3 aliphatic heterocycles. The van der Waals surface area contributed by atoms with Crippen LogP contribution in [0.2, 0.25) is 0 Å². The summed E-state index contributed by atoms with van der Waals surface area (Å²) in [6.07, 6.45) is 3.05. The predicted octanol–water partition coefficient (Wildman–Crippen LogP) is 2.60. The van der Waals surface area contributed by atoms with Gasteiger partial charge in [0.25, 0.3) is 0 Å². The van der Waals surface area contributed by atoms with Crippen molar-refractivity contribution in [1.82, 2.24) is 4.90 Å². The van der Waals surface area contributed by atoms with Gasteiger partial charge in [-0.25, -0.2) is 0 Å². The molecule has 232 valence electrons. The molecule has 0 spiro atoms. The summed E-state index contributed by atoms with van der Waals surface area (Å²) in [5.74, 6) is 6.08. The van der Waals surface area contributed by atoms with Gasteiger partial charge in [-0.3, -0.25) is 9.69 Å². The Hall–Kier alpha value is -0.610. The van der Waals surface area contributed by atoms with Gasteiger partial charge < -0.3 is 29.9 Å². The van der Waals surface area contributed by atoms with Gasteiger partial charge in [0, 0.05) is 31.5 Å². The molecule has 17 atom stereocenters. The second-order valence-corrected chi connectivity index (χ2v) is 15.8. The van der Waals surface area contributed by atoms with Crippen LogP contribution in [0.4, 0.5) is 0 Å². The van der Waals surface area contributed by atoms with E-state index >= 15 is 0 Å². The molecule has 0 aromatic heterocycles. The number of hydrogen-bond acceptors (Lipinski definition) is 8. The summed E-state index contributed by atoms with van der Waals surface area (Å²) in [5.41, 5.74) is -0.0233. The van der Waals surface area contributed by atoms with Gasteiger partial charge in [0.1, 0.15) is 30.2 Å². The lowest BCUT2D eigenvalue weighted by Crippen LogP contribution is -2.60. The normalized spacial score (nSPS) is 57.2. The monoisotopic (exact) mass is 575 g/mol. The first-order chi connectivity index (χ1) is 19.6. The number of carbonyl (C=O) groups excluding carboxylic acids is 1. The van der Waals surface area contributed by atoms with Crippen molar-refractivity contribution in [1.29, 1.82) is 0 Å². The Morgan fingerprint density at radius 1 is 0.902 bits per heavy atom. The van der Waals surface area contributed by atoms with Gasteiger partial charge in [-0.15, -0.1) is 0 Å². The molecule has 0 aromatic rings. The van der Waals surface area contributed by atoms with Crippen LogP contribution in [0.15, 0.2) is 0 Å². The lowest BCUT2D eigenvalue weighted by atomic mass is 9.51. The van der Waals surface area contributed by atoms with Gasteiger partial charge in [-0.2, -0.15) is 0 Å². The number of carbonyl (C=O) groups is 1. The van der Waals surface area contributed by atoms with Gasteiger partial charge in [-0.05, 0) is 104 Å². The van der Waals surface area contributed by atoms with Gasteiger partial charge >= 0.3 is 0 Å². The number of rotatable bonds is 3. The lowest BCUT2D eigenvalue weighted by molar-refractivity contribution is -0.315. The highest BCUT2D eigenvalue weighted by Gasteiger charge is 2.63. The van der Waals surface area contributed by atoms with E-state index in [1.54, 1.807) is 0 Å². The third kappa shape index (κ3) is 4.60. The average molecular weight is 576 g/mol. The summed E-state index contributed by atoms with van der Waals surface area (Å²) in [6.45, 7) is 9.41. The second kappa shape index (κ2) is 10.8. The molecular formula is C33H53NO7. The van der Waals surface area contributed by atoms with Crippen LogP contribution < -0.4 is 0 Å². The van der Waals surface area contributed by atoms with E-state index in [-0.39, 0.29) is 17.4 Å². The molecule has 4 aliphatic carbocycles. The van der Waals surface area contributed by atoms with Crippen LogP contribution in [0.25, 0.3) is 0 Å². The van der Waals surface area contributed by atoms with E-state index in [2.05, 4.69) is 25.7 Å². The van der Waals surface area contributed by atoms with Gasteiger partial charge in [0.15, 0.2) is 6.29 Å². The maximum absolute atomic E-state index is 13.9. The maximum atomic E-state index is 13.9. The molecule has 41 heavy (non-hydrogen) atoms. The van der Waals surface area contributed by atoms with Crippen LogP contribution in [0, 0.1) is 58.7 Å². The zero-order valence-electron chi connectivity index (χ0n) is 25.2. The number of Topliss-reactive ketones (excluding diaryl/α,β-unsaturated/α-hetero) is 1. The first-order valence-corrected chi connectivity index (χ1v) is 16.8. The minimum absolute atomic E-state index is 0.0233. The molecule has 8 heteroatoms. The smallest absolute Gasteiger partial charge is 0.186 e. The van der Waals surface area contributed by atoms with Crippen molar-refractivity contribution in [2.45, 2.75) is 121 Å². The summed E-state index contributed by atoms with van der Waals surface area (Å²) in [4.78, 5) is 16.7. The molecule has 7 rings (SSSR count). The summed E-state index contributed by atoms with van der Waals surface area (Å²) in [7, 11) is 0. The molecule has 0 amide bonds. The number of ketones is 1. The van der Waals surface area contributed by atoms with Crippen molar-refractivity contribution in [2.75, 3.05) is 19.7 Å². The highest BCUT2D eigenvalue weighted by Crippen LogP contribution is 2.66. The Labute approximate surface area is 245 Å². The van der Waals surface area contributed by atoms with Crippen LogP contribution in [0.5, 0.6) is 0 Å². The fourth-order valence-electron chi connectivity index (χ4n) is 11.8. The summed E-state index contributed by atoms with van der Waals surface area (Å²) < 4.78 is 11.8. The van der Waals surface area contributed by atoms with Gasteiger partial charge in [0.2, 0.25) is 0 Å². The predicted molar refractivity (Wildman–Crippen MR) is 151 cm³/mol. The van der Waals surface area contributed by atoms with Crippen LogP contribution in [-0.2, 0) is 14.3 Å². The molecule has 7 aliphatic rings. The minimum atomic E-state index is -1.45. The van der Waals surface area contributed by atoms with Crippen molar-refractivity contribution in [2.24, 2.45) is 58.7 Å². The molecule has 3 saturated heterocycles. The number of hydrogen-bond donors (Lipinski definition) is 4. The quantitative estimate of drug-likeness (QED) is 0.379. The highest BCUT2D eigenvalue weighted by atomic mass is 16.7. The van der Waals surface area contributed by atoms with E-state index < -0.39 is 37.3 Å². The molecule has 0 aromatic carbocycles. The van der Waals surface area contributed by atoms with Gasteiger partial charge in [0.05, 0.1) is 12.7 Å². The first-order valence-electron chi connectivity index (χ1n) is 16.8. The van der Waals surface area contributed by atoms with Crippen LogP contribution in [0.1, 0.15) is 78.6 Å². The number of nitrogens with zero attached hydrogens (tertiary/aromatic N) is 1. The third-order valence-corrected chi connectivity index (χ3v) is 13.9. The number of piperidine rings is 2. The van der Waals surface area contributed by atoms with Crippen LogP contribution >= 0.6 is 0 Å². The Balaban J connectivity index is 1.06. The van der Waals surface area contributed by atoms with E-state index in [9.17, 15) is 25.2 Å². The SMILES string of the molecule is CC1CCC2C(C)C3CCC4C(CC5C4CC(=O)C4CC(O[C@@H]6O[C@H](CO)[C@@H](O)[C@H](O)[C@H]6O)CCC45C)C3CN2C1. The number of aliphatic hydroxyl groups is 4. The van der Waals surface area contributed by atoms with Gasteiger partial charge in [-0.1, -0.05) is 20.8 Å². The van der Waals surface area contributed by atoms with Crippen molar-refractivity contribution in [3.8, 4) is 0 Å². The fraction of sp³-hybridized carbons (Fsp3) is 0.970. The largest absolute Gasteiger partial charge is 0.394 e. The summed E-state index contributed by atoms with van der Waals surface area (Å²) in [5, 5.41) is 40.4. The standard InChI is InChI=1S/C33H53NO7/c1-16-4-7-26-17(2)19-5-6-20-21(23(19)14-34(26)13-16)11-24-22(20)12-27(36)25-10-18(8-9-33(24,25)3)40-32-31(39)30(38)29(37)28(15-35)41-32/h16-26,28-32,35,37-39H,4-15H2,1-3H3/t16?,17?,18?,19?,20?,21?,22?,23?,24?,25?,26?,28-,29-,30+,31-,32-,33?/m1/s1. The Bertz CT molecular complexity index is 991. The van der Waals surface area contributed by atoms with Crippen molar-refractivity contribution < 1.29 is 34.7 Å². The Morgan fingerprint density at radius 3 is 2.46 bits per heavy atom. The van der Waals surface area contributed by atoms with Crippen LogP contribution in [0.3, 0.4) is 0 Å². The molecule has 12 unspecified atom stereocenters. The van der Waals surface area contributed by atoms with E-state index in [1.807, 2.05) is 0 Å². The van der Waals surface area contributed by atoms with E-state index in [1.165, 1.54) is 45.2 Å². The molecule has 0 bridgehead atoms. The van der Waals surface area contributed by atoms with E-state index in [0.29, 0.717) is 36.4 Å². The number of fused-ring (bicyclic) bond motifs is 8. The first kappa shape index (κ1) is 29.1. The van der Waals surface area contributed by atoms with Crippen LogP contribution in [-0.4, -0.2) is 93.7 Å². The fourth-order valence-corrected chi connectivity index (χ4v) is 11.8. The summed E-state index contributed by atoms with van der Waals surface area (Å²) in [6, 6.07) is 0.773. The number of ether oxygens (including phenoxy) is 2. The zero-order valence-corrected chi connectivity index (χ0v) is 25.2. The second-order valence-electron chi connectivity index (χ2n) is 15.8. The molecule has 7 fully saturated rings. The molecular weight excluding hydrogens is 522 g/mol. The lowest BCUT2D eigenvalue weighted by Gasteiger charge is -2.56. The summed E-state index contributed by atoms with van der Waals surface area (Å²) >= 11 is 0.